The van der Waals surface area contributed by atoms with Crippen LogP contribution in [0.2, 0.25) is 0 Å². The molecular weight excluding hydrogens is 380 g/mol. The maximum absolute atomic E-state index is 12.3. The summed E-state index contributed by atoms with van der Waals surface area (Å²) >= 11 is 5.15. The van der Waals surface area contributed by atoms with Crippen molar-refractivity contribution in [2.75, 3.05) is 29.1 Å². The molecule has 0 aliphatic heterocycles. The molecule has 28 heavy (non-hydrogen) atoms. The first-order valence-corrected chi connectivity index (χ1v) is 8.66. The first-order chi connectivity index (χ1) is 13.4. The van der Waals surface area contributed by atoms with Crippen molar-refractivity contribution in [2.45, 2.75) is 0 Å². The average molecular weight is 398 g/mol. The molecule has 9 nitrogen and oxygen atoms in total. The van der Waals surface area contributed by atoms with Crippen LogP contribution < -0.4 is 15.5 Å². The monoisotopic (exact) mass is 398 g/mol. The standard InChI is InChI=1S/C18H18N6O3S/c1-23(10-16(25)26)14-7-5-12(6-8-14)20-17(27)21-13-3-2-4-15(9-13)24-11-19-22-18(24)28/h2-9,11H,10H2,1H3,(H,22,28)(H,25,26)(H2,20,21,27). The summed E-state index contributed by atoms with van der Waals surface area (Å²) in [7, 11) is 1.68. The number of benzene rings is 2. The number of aromatic nitrogens is 3. The SMILES string of the molecule is CN(CC(=O)O)c1ccc(NC(=O)Nc2cccc(-n3cn[nH]c3=S)c2)cc1. The molecule has 2 amide bonds. The van der Waals surface area contributed by atoms with E-state index in [1.54, 1.807) is 65.3 Å². The molecule has 0 bridgehead atoms. The number of carbonyl (C=O) groups is 2. The zero-order chi connectivity index (χ0) is 20.1. The van der Waals surface area contributed by atoms with Crippen LogP contribution in [0.3, 0.4) is 0 Å². The molecule has 0 atom stereocenters. The van der Waals surface area contributed by atoms with Crippen LogP contribution in [0, 0.1) is 4.77 Å². The number of nitrogens with zero attached hydrogens (tertiary/aromatic N) is 3. The Kier molecular flexibility index (Phi) is 5.70. The number of carbonyl (C=O) groups excluding carboxylic acids is 1. The summed E-state index contributed by atoms with van der Waals surface area (Å²) in [5.74, 6) is -0.914. The van der Waals surface area contributed by atoms with Gasteiger partial charge in [0.25, 0.3) is 0 Å². The quantitative estimate of drug-likeness (QED) is 0.474. The first-order valence-electron chi connectivity index (χ1n) is 8.26. The van der Waals surface area contributed by atoms with Crippen LogP contribution in [0.5, 0.6) is 0 Å². The third kappa shape index (κ3) is 4.74. The molecule has 0 spiro atoms. The molecule has 0 aliphatic carbocycles. The Hall–Kier alpha value is -3.66. The first kappa shape index (κ1) is 19.1. The number of carboxylic acids is 1. The Morgan fingerprint density at radius 2 is 1.89 bits per heavy atom. The van der Waals surface area contributed by atoms with Gasteiger partial charge in [0.05, 0.1) is 5.69 Å². The summed E-state index contributed by atoms with van der Waals surface area (Å²) in [5.41, 5.74) is 2.68. The number of anilines is 3. The Morgan fingerprint density at radius 3 is 2.54 bits per heavy atom. The fourth-order valence-corrected chi connectivity index (χ4v) is 2.76. The number of amides is 2. The normalized spacial score (nSPS) is 10.3. The van der Waals surface area contributed by atoms with Gasteiger partial charge in [0, 0.05) is 24.1 Å². The largest absolute Gasteiger partial charge is 0.480 e. The number of carboxylic acid groups (broad SMARTS) is 1. The molecule has 0 unspecified atom stereocenters. The van der Waals surface area contributed by atoms with Crippen LogP contribution in [0.25, 0.3) is 5.69 Å². The third-order valence-corrected chi connectivity index (χ3v) is 4.16. The van der Waals surface area contributed by atoms with E-state index < -0.39 is 12.0 Å². The smallest absolute Gasteiger partial charge is 0.323 e. The van der Waals surface area contributed by atoms with Crippen LogP contribution in [0.1, 0.15) is 0 Å². The Bertz CT molecular complexity index is 1040. The summed E-state index contributed by atoms with van der Waals surface area (Å²) < 4.78 is 2.14. The molecule has 0 radical (unpaired) electrons. The van der Waals surface area contributed by atoms with E-state index in [-0.39, 0.29) is 6.54 Å². The van der Waals surface area contributed by atoms with E-state index >= 15 is 0 Å². The van der Waals surface area contributed by atoms with Gasteiger partial charge in [-0.1, -0.05) is 6.07 Å². The third-order valence-electron chi connectivity index (χ3n) is 3.87. The molecule has 144 valence electrons. The van der Waals surface area contributed by atoms with E-state index in [0.717, 1.165) is 11.4 Å². The van der Waals surface area contributed by atoms with Gasteiger partial charge in [-0.05, 0) is 54.7 Å². The zero-order valence-corrected chi connectivity index (χ0v) is 15.7. The van der Waals surface area contributed by atoms with Gasteiger partial charge in [0.2, 0.25) is 0 Å². The van der Waals surface area contributed by atoms with Crippen molar-refractivity contribution >= 4 is 41.3 Å². The predicted molar refractivity (Wildman–Crippen MR) is 109 cm³/mol. The highest BCUT2D eigenvalue weighted by atomic mass is 32.1. The van der Waals surface area contributed by atoms with E-state index in [9.17, 15) is 9.59 Å². The lowest BCUT2D eigenvalue weighted by molar-refractivity contribution is -0.135. The number of nitrogens with one attached hydrogen (secondary N) is 3. The highest BCUT2D eigenvalue weighted by Gasteiger charge is 2.08. The number of rotatable bonds is 6. The van der Waals surface area contributed by atoms with Gasteiger partial charge in [-0.15, -0.1) is 0 Å². The van der Waals surface area contributed by atoms with Crippen molar-refractivity contribution in [1.29, 1.82) is 0 Å². The highest BCUT2D eigenvalue weighted by Crippen LogP contribution is 2.18. The molecule has 0 fully saturated rings. The lowest BCUT2D eigenvalue weighted by atomic mass is 10.2. The molecule has 3 aromatic rings. The summed E-state index contributed by atoms with van der Waals surface area (Å²) in [4.78, 5) is 24.6. The highest BCUT2D eigenvalue weighted by molar-refractivity contribution is 7.71. The van der Waals surface area contributed by atoms with Crippen molar-refractivity contribution in [3.8, 4) is 5.69 Å². The lowest BCUT2D eigenvalue weighted by Gasteiger charge is -2.17. The van der Waals surface area contributed by atoms with Crippen molar-refractivity contribution < 1.29 is 14.7 Å². The van der Waals surface area contributed by atoms with Crippen molar-refractivity contribution in [1.82, 2.24) is 14.8 Å². The second-order valence-corrected chi connectivity index (χ2v) is 6.34. The molecule has 2 aromatic carbocycles. The van der Waals surface area contributed by atoms with Gasteiger partial charge in [-0.2, -0.15) is 5.10 Å². The predicted octanol–water partition coefficient (Wildman–Crippen LogP) is 3.09. The van der Waals surface area contributed by atoms with Crippen molar-refractivity contribution in [3.63, 3.8) is 0 Å². The Labute approximate surface area is 165 Å². The molecule has 0 saturated carbocycles. The van der Waals surface area contributed by atoms with Crippen molar-refractivity contribution in [3.05, 3.63) is 59.6 Å². The molecule has 1 heterocycles. The van der Waals surface area contributed by atoms with E-state index in [4.69, 9.17) is 17.3 Å². The Balaban J connectivity index is 1.64. The van der Waals surface area contributed by atoms with E-state index in [0.29, 0.717) is 16.1 Å². The minimum Gasteiger partial charge on any atom is -0.480 e. The molecule has 0 aliphatic rings. The minimum atomic E-state index is -0.914. The number of aromatic amines is 1. The fraction of sp³-hybridized carbons (Fsp3) is 0.111. The number of H-pyrrole nitrogens is 1. The number of aliphatic carboxylic acids is 1. The Morgan fingerprint density at radius 1 is 1.18 bits per heavy atom. The number of hydrogen-bond donors (Lipinski definition) is 4. The van der Waals surface area contributed by atoms with E-state index in [1.165, 1.54) is 0 Å². The molecular formula is C18H18N6O3S. The van der Waals surface area contributed by atoms with Crippen LogP contribution in [0.15, 0.2) is 54.9 Å². The van der Waals surface area contributed by atoms with Gasteiger partial charge < -0.3 is 20.6 Å². The van der Waals surface area contributed by atoms with Crippen LogP contribution in [-0.2, 0) is 4.79 Å². The second-order valence-electron chi connectivity index (χ2n) is 5.96. The summed E-state index contributed by atoms with van der Waals surface area (Å²) in [6.07, 6.45) is 1.56. The molecule has 4 N–H and O–H groups in total. The van der Waals surface area contributed by atoms with Gasteiger partial charge in [-0.3, -0.25) is 14.5 Å². The molecule has 1 aromatic heterocycles. The average Bonchev–Trinajstić information content (AvgIpc) is 3.08. The summed E-state index contributed by atoms with van der Waals surface area (Å²) in [6, 6.07) is 13.7. The molecule has 10 heteroatoms. The zero-order valence-electron chi connectivity index (χ0n) is 14.9. The van der Waals surface area contributed by atoms with Crippen LogP contribution >= 0.6 is 12.2 Å². The van der Waals surface area contributed by atoms with Gasteiger partial charge in [0.15, 0.2) is 4.77 Å². The maximum atomic E-state index is 12.3. The van der Waals surface area contributed by atoms with E-state index in [2.05, 4.69) is 20.8 Å². The summed E-state index contributed by atoms with van der Waals surface area (Å²) in [6.45, 7) is -0.107. The van der Waals surface area contributed by atoms with Crippen LogP contribution in [-0.4, -0.2) is 45.5 Å². The maximum Gasteiger partial charge on any atom is 0.323 e. The van der Waals surface area contributed by atoms with Gasteiger partial charge >= 0.3 is 12.0 Å². The van der Waals surface area contributed by atoms with Gasteiger partial charge in [-0.25, -0.2) is 4.79 Å². The van der Waals surface area contributed by atoms with Gasteiger partial charge in [0.1, 0.15) is 12.9 Å². The second kappa shape index (κ2) is 8.35. The lowest BCUT2D eigenvalue weighted by Crippen LogP contribution is -2.25. The number of likely N-dealkylation sites (N-methyl/N-ethyl adjacent to an activating group) is 1. The topological polar surface area (TPSA) is 115 Å². The van der Waals surface area contributed by atoms with Crippen LogP contribution in [0.4, 0.5) is 21.9 Å². The molecule has 0 saturated heterocycles. The fourth-order valence-electron chi connectivity index (χ4n) is 2.55. The minimum absolute atomic E-state index is 0.107. The number of hydrogen-bond acceptors (Lipinski definition) is 5. The molecule has 3 rings (SSSR count). The summed E-state index contributed by atoms with van der Waals surface area (Å²) in [5, 5.41) is 20.9. The van der Waals surface area contributed by atoms with E-state index in [1.807, 2.05) is 6.07 Å². The van der Waals surface area contributed by atoms with Crippen molar-refractivity contribution in [2.24, 2.45) is 0 Å². The number of urea groups is 1.